The van der Waals surface area contributed by atoms with E-state index in [1.54, 1.807) is 9.47 Å². The molecule has 1 aliphatic rings. The maximum absolute atomic E-state index is 12.9. The van der Waals surface area contributed by atoms with Gasteiger partial charge in [0.15, 0.2) is 5.82 Å². The molecule has 3 aromatic rings. The molecule has 0 fully saturated rings. The minimum atomic E-state index is -0.259. The molecule has 0 unspecified atom stereocenters. The zero-order chi connectivity index (χ0) is 19.7. The summed E-state index contributed by atoms with van der Waals surface area (Å²) in [5.41, 5.74) is 2.58. The van der Waals surface area contributed by atoms with Crippen LogP contribution in [0.15, 0.2) is 41.2 Å². The minimum absolute atomic E-state index is 0.0568. The quantitative estimate of drug-likeness (QED) is 0.690. The van der Waals surface area contributed by atoms with Gasteiger partial charge in [-0.2, -0.15) is 5.10 Å². The molecule has 1 aliphatic heterocycles. The number of benzene rings is 1. The van der Waals surface area contributed by atoms with Crippen LogP contribution in [-0.4, -0.2) is 41.5 Å². The van der Waals surface area contributed by atoms with E-state index in [1.165, 1.54) is 4.68 Å². The van der Waals surface area contributed by atoms with Gasteiger partial charge in [-0.25, -0.2) is 9.48 Å². The molecule has 0 saturated heterocycles. The van der Waals surface area contributed by atoms with Crippen LogP contribution in [0.4, 0.5) is 0 Å². The third-order valence-corrected chi connectivity index (χ3v) is 5.05. The Labute approximate surface area is 163 Å². The highest BCUT2D eigenvalue weighted by atomic mass is 16.2. The van der Waals surface area contributed by atoms with Crippen LogP contribution >= 0.6 is 0 Å². The highest BCUT2D eigenvalue weighted by Gasteiger charge is 2.22. The number of rotatable bonds is 4. The third-order valence-electron chi connectivity index (χ3n) is 5.05. The second kappa shape index (κ2) is 7.46. The highest BCUT2D eigenvalue weighted by Crippen LogP contribution is 2.16. The summed E-state index contributed by atoms with van der Waals surface area (Å²) in [7, 11) is 0. The summed E-state index contributed by atoms with van der Waals surface area (Å²) in [6, 6.07) is 11.6. The molecule has 4 rings (SSSR count). The first-order chi connectivity index (χ1) is 13.6. The van der Waals surface area contributed by atoms with Gasteiger partial charge in [0.25, 0.3) is 0 Å². The van der Waals surface area contributed by atoms with E-state index in [-0.39, 0.29) is 18.1 Å². The summed E-state index contributed by atoms with van der Waals surface area (Å²) in [4.78, 5) is 27.5. The normalized spacial score (nSPS) is 14.0. The predicted octanol–water partition coefficient (Wildman–Crippen LogP) is 1.67. The SMILES string of the molecule is CCn1c(-c2ccccc2)nn(CC(=O)N2CCCn3nc(C)cc3C2)c1=O. The summed E-state index contributed by atoms with van der Waals surface area (Å²) in [6.07, 6.45) is 0.841. The summed E-state index contributed by atoms with van der Waals surface area (Å²) >= 11 is 0. The number of hydrogen-bond acceptors (Lipinski definition) is 4. The lowest BCUT2D eigenvalue weighted by molar-refractivity contribution is -0.132. The average Bonchev–Trinajstić information content (AvgIpc) is 3.13. The zero-order valence-corrected chi connectivity index (χ0v) is 16.2. The van der Waals surface area contributed by atoms with Gasteiger partial charge in [-0.05, 0) is 26.3 Å². The van der Waals surface area contributed by atoms with Crippen LogP contribution in [0.25, 0.3) is 11.4 Å². The van der Waals surface area contributed by atoms with Crippen LogP contribution in [0.2, 0.25) is 0 Å². The van der Waals surface area contributed by atoms with Crippen molar-refractivity contribution < 1.29 is 4.79 Å². The molecule has 1 amide bonds. The molecule has 0 aliphatic carbocycles. The van der Waals surface area contributed by atoms with Gasteiger partial charge in [-0.15, -0.1) is 5.10 Å². The first-order valence-corrected chi connectivity index (χ1v) is 9.61. The van der Waals surface area contributed by atoms with E-state index in [0.29, 0.717) is 25.5 Å². The molecule has 2 aromatic heterocycles. The average molecular weight is 380 g/mol. The van der Waals surface area contributed by atoms with E-state index in [1.807, 2.05) is 54.9 Å². The van der Waals surface area contributed by atoms with Gasteiger partial charge in [-0.3, -0.25) is 14.0 Å². The number of hydrogen-bond donors (Lipinski definition) is 0. The van der Waals surface area contributed by atoms with Gasteiger partial charge in [0.1, 0.15) is 6.54 Å². The monoisotopic (exact) mass is 380 g/mol. The Balaban J connectivity index is 1.58. The Morgan fingerprint density at radius 3 is 2.68 bits per heavy atom. The molecule has 3 heterocycles. The van der Waals surface area contributed by atoms with Crippen LogP contribution in [0, 0.1) is 6.92 Å². The van der Waals surface area contributed by atoms with Crippen molar-refractivity contribution in [1.29, 1.82) is 0 Å². The molecule has 0 radical (unpaired) electrons. The highest BCUT2D eigenvalue weighted by molar-refractivity contribution is 5.76. The van der Waals surface area contributed by atoms with E-state index < -0.39 is 0 Å². The topological polar surface area (TPSA) is 78.0 Å². The van der Waals surface area contributed by atoms with Gasteiger partial charge >= 0.3 is 5.69 Å². The molecular weight excluding hydrogens is 356 g/mol. The second-order valence-corrected chi connectivity index (χ2v) is 7.04. The maximum atomic E-state index is 12.9. The fourth-order valence-corrected chi connectivity index (χ4v) is 3.68. The fourth-order valence-electron chi connectivity index (χ4n) is 3.68. The van der Waals surface area contributed by atoms with E-state index in [2.05, 4.69) is 10.2 Å². The lowest BCUT2D eigenvalue weighted by Gasteiger charge is -2.19. The van der Waals surface area contributed by atoms with E-state index in [0.717, 1.165) is 29.9 Å². The number of carbonyl (C=O) groups excluding carboxylic acids is 1. The van der Waals surface area contributed by atoms with Crippen LogP contribution in [0.5, 0.6) is 0 Å². The Morgan fingerprint density at radius 2 is 1.93 bits per heavy atom. The number of aromatic nitrogens is 5. The summed E-state index contributed by atoms with van der Waals surface area (Å²) < 4.78 is 4.85. The molecule has 1 aromatic carbocycles. The number of fused-ring (bicyclic) bond motifs is 1. The molecule has 0 atom stereocenters. The Hall–Kier alpha value is -3.16. The first kappa shape index (κ1) is 18.2. The Morgan fingerprint density at radius 1 is 1.14 bits per heavy atom. The van der Waals surface area contributed by atoms with Gasteiger partial charge in [-0.1, -0.05) is 30.3 Å². The van der Waals surface area contributed by atoms with Crippen LogP contribution < -0.4 is 5.69 Å². The number of nitrogens with zero attached hydrogens (tertiary/aromatic N) is 6. The maximum Gasteiger partial charge on any atom is 0.346 e. The van der Waals surface area contributed by atoms with Crippen molar-refractivity contribution >= 4 is 5.91 Å². The zero-order valence-electron chi connectivity index (χ0n) is 16.2. The molecule has 0 bridgehead atoms. The Kier molecular flexibility index (Phi) is 4.85. The van der Waals surface area contributed by atoms with Crippen LogP contribution in [0.3, 0.4) is 0 Å². The molecule has 8 heteroatoms. The van der Waals surface area contributed by atoms with Crippen molar-refractivity contribution in [3.63, 3.8) is 0 Å². The summed E-state index contributed by atoms with van der Waals surface area (Å²) in [6.45, 7) is 6.26. The number of aryl methyl sites for hydroxylation is 2. The van der Waals surface area contributed by atoms with Gasteiger partial charge in [0.2, 0.25) is 5.91 Å². The lowest BCUT2D eigenvalue weighted by Crippen LogP contribution is -2.37. The lowest BCUT2D eigenvalue weighted by atomic mass is 10.2. The van der Waals surface area contributed by atoms with Crippen molar-refractivity contribution in [2.24, 2.45) is 0 Å². The van der Waals surface area contributed by atoms with E-state index in [9.17, 15) is 9.59 Å². The summed E-state index contributed by atoms with van der Waals surface area (Å²) in [5.74, 6) is 0.486. The minimum Gasteiger partial charge on any atom is -0.335 e. The first-order valence-electron chi connectivity index (χ1n) is 9.61. The third kappa shape index (κ3) is 3.37. The fraction of sp³-hybridized carbons (Fsp3) is 0.400. The molecule has 0 saturated carbocycles. The summed E-state index contributed by atoms with van der Waals surface area (Å²) in [5, 5.41) is 8.93. The number of carbonyl (C=O) groups is 1. The van der Waals surface area contributed by atoms with Crippen molar-refractivity contribution in [1.82, 2.24) is 29.0 Å². The van der Waals surface area contributed by atoms with Gasteiger partial charge in [0, 0.05) is 25.2 Å². The molecular formula is C20H24N6O2. The second-order valence-electron chi connectivity index (χ2n) is 7.04. The van der Waals surface area contributed by atoms with Gasteiger partial charge < -0.3 is 4.90 Å². The van der Waals surface area contributed by atoms with Crippen molar-refractivity contribution in [2.75, 3.05) is 6.54 Å². The standard InChI is InChI=1S/C20H24N6O2/c1-3-24-19(16-8-5-4-6-9-16)22-26(20(24)28)14-18(27)23-10-7-11-25-17(13-23)12-15(2)21-25/h4-6,8-9,12H,3,7,10-11,13-14H2,1-2H3. The smallest absolute Gasteiger partial charge is 0.335 e. The largest absolute Gasteiger partial charge is 0.346 e. The molecule has 0 N–H and O–H groups in total. The Bertz CT molecular complexity index is 1050. The van der Waals surface area contributed by atoms with Crippen LogP contribution in [-0.2, 0) is 31.0 Å². The van der Waals surface area contributed by atoms with Crippen molar-refractivity contribution in [2.45, 2.75) is 46.4 Å². The van der Waals surface area contributed by atoms with E-state index in [4.69, 9.17) is 0 Å². The van der Waals surface area contributed by atoms with Crippen molar-refractivity contribution in [3.05, 3.63) is 58.3 Å². The van der Waals surface area contributed by atoms with Gasteiger partial charge in [0.05, 0.1) is 17.9 Å². The number of amides is 1. The molecule has 28 heavy (non-hydrogen) atoms. The van der Waals surface area contributed by atoms with Crippen LogP contribution in [0.1, 0.15) is 24.7 Å². The molecule has 0 spiro atoms. The van der Waals surface area contributed by atoms with Crippen molar-refractivity contribution in [3.8, 4) is 11.4 Å². The molecule has 8 nitrogen and oxygen atoms in total. The predicted molar refractivity (Wildman–Crippen MR) is 105 cm³/mol. The molecule has 146 valence electrons. The van der Waals surface area contributed by atoms with E-state index >= 15 is 0 Å².